The maximum Gasteiger partial charge on any atom is 0.130 e. The van der Waals surface area contributed by atoms with E-state index in [0.29, 0.717) is 5.84 Å². The van der Waals surface area contributed by atoms with Crippen molar-refractivity contribution >= 4 is 17.6 Å². The minimum atomic E-state index is 0.502. The molecule has 0 saturated heterocycles. The van der Waals surface area contributed by atoms with E-state index in [2.05, 4.69) is 4.99 Å². The molecule has 0 saturated carbocycles. The number of nitrogens with two attached hydrogens (primary N) is 2. The zero-order chi connectivity index (χ0) is 12.8. The van der Waals surface area contributed by atoms with Gasteiger partial charge >= 0.3 is 0 Å². The second-order valence-corrected chi connectivity index (χ2v) is 3.86. The Morgan fingerprint density at radius 1 is 0.944 bits per heavy atom. The van der Waals surface area contributed by atoms with E-state index in [1.165, 1.54) is 0 Å². The molecule has 0 radical (unpaired) electrons. The SMILES string of the molecule is NC(=N/C=C/c1ccc(N)cc1)c1ccccc1. The summed E-state index contributed by atoms with van der Waals surface area (Å²) in [5.74, 6) is 0.502. The van der Waals surface area contributed by atoms with Gasteiger partial charge in [-0.05, 0) is 23.8 Å². The minimum absolute atomic E-state index is 0.502. The van der Waals surface area contributed by atoms with Crippen LogP contribution in [0.5, 0.6) is 0 Å². The van der Waals surface area contributed by atoms with Gasteiger partial charge in [0.2, 0.25) is 0 Å². The Kier molecular flexibility index (Phi) is 3.76. The maximum absolute atomic E-state index is 5.86. The van der Waals surface area contributed by atoms with Crippen LogP contribution in [0.2, 0.25) is 0 Å². The number of hydrogen-bond donors (Lipinski definition) is 2. The number of anilines is 1. The first-order valence-electron chi connectivity index (χ1n) is 5.66. The molecule has 0 bridgehead atoms. The second kappa shape index (κ2) is 5.68. The molecular formula is C15H15N3. The summed E-state index contributed by atoms with van der Waals surface area (Å²) in [6.45, 7) is 0. The maximum atomic E-state index is 5.86. The minimum Gasteiger partial charge on any atom is -0.399 e. The molecule has 2 aromatic carbocycles. The largest absolute Gasteiger partial charge is 0.399 e. The number of nitrogens with zero attached hydrogens (tertiary/aromatic N) is 1. The molecule has 90 valence electrons. The molecule has 0 atom stereocenters. The molecule has 0 aromatic heterocycles. The number of nitrogen functional groups attached to an aromatic ring is 1. The van der Waals surface area contributed by atoms with E-state index in [-0.39, 0.29) is 0 Å². The van der Waals surface area contributed by atoms with Crippen LogP contribution in [0.25, 0.3) is 6.08 Å². The highest BCUT2D eigenvalue weighted by Gasteiger charge is 1.93. The van der Waals surface area contributed by atoms with E-state index in [4.69, 9.17) is 11.5 Å². The van der Waals surface area contributed by atoms with E-state index >= 15 is 0 Å². The van der Waals surface area contributed by atoms with Crippen molar-refractivity contribution in [3.63, 3.8) is 0 Å². The van der Waals surface area contributed by atoms with Crippen molar-refractivity contribution < 1.29 is 0 Å². The zero-order valence-corrected chi connectivity index (χ0v) is 9.95. The molecule has 18 heavy (non-hydrogen) atoms. The van der Waals surface area contributed by atoms with Crippen LogP contribution < -0.4 is 11.5 Å². The molecule has 3 heteroatoms. The van der Waals surface area contributed by atoms with Crippen LogP contribution in [0.15, 0.2) is 65.8 Å². The van der Waals surface area contributed by atoms with Crippen molar-refractivity contribution in [2.24, 2.45) is 10.7 Å². The lowest BCUT2D eigenvalue weighted by Crippen LogP contribution is -2.12. The predicted molar refractivity (Wildman–Crippen MR) is 77.1 cm³/mol. The average molecular weight is 237 g/mol. The molecule has 0 aliphatic heterocycles. The normalized spacial score (nSPS) is 11.9. The number of hydrogen-bond acceptors (Lipinski definition) is 2. The van der Waals surface area contributed by atoms with Crippen molar-refractivity contribution in [2.75, 3.05) is 5.73 Å². The number of benzene rings is 2. The summed E-state index contributed by atoms with van der Waals surface area (Å²) in [6.07, 6.45) is 3.57. The molecule has 0 heterocycles. The third-order valence-corrected chi connectivity index (χ3v) is 2.49. The molecule has 0 spiro atoms. The number of rotatable bonds is 3. The van der Waals surface area contributed by atoms with E-state index in [0.717, 1.165) is 16.8 Å². The number of aliphatic imine (C=N–C) groups is 1. The summed E-state index contributed by atoms with van der Waals surface area (Å²) in [7, 11) is 0. The lowest BCUT2D eigenvalue weighted by molar-refractivity contribution is 1.47. The summed E-state index contributed by atoms with van der Waals surface area (Å²) < 4.78 is 0. The molecule has 0 unspecified atom stereocenters. The van der Waals surface area contributed by atoms with Crippen molar-refractivity contribution in [3.05, 3.63) is 71.9 Å². The van der Waals surface area contributed by atoms with Crippen LogP contribution in [0.3, 0.4) is 0 Å². The topological polar surface area (TPSA) is 64.4 Å². The molecular weight excluding hydrogens is 222 g/mol. The van der Waals surface area contributed by atoms with Crippen molar-refractivity contribution in [1.29, 1.82) is 0 Å². The van der Waals surface area contributed by atoms with Crippen LogP contribution in [-0.2, 0) is 0 Å². The van der Waals surface area contributed by atoms with Gasteiger partial charge in [-0.25, -0.2) is 4.99 Å². The highest BCUT2D eigenvalue weighted by atomic mass is 14.8. The molecule has 0 aliphatic rings. The molecule has 2 aromatic rings. The van der Waals surface area contributed by atoms with Crippen LogP contribution in [0, 0.1) is 0 Å². The molecule has 2 rings (SSSR count). The predicted octanol–water partition coefficient (Wildman–Crippen LogP) is 2.65. The fourth-order valence-corrected chi connectivity index (χ4v) is 1.49. The zero-order valence-electron chi connectivity index (χ0n) is 9.95. The summed E-state index contributed by atoms with van der Waals surface area (Å²) in [4.78, 5) is 4.19. The Bertz CT molecular complexity index is 554. The standard InChI is InChI=1S/C15H15N3/c16-14-8-6-12(7-9-14)10-11-18-15(17)13-4-2-1-3-5-13/h1-11H,16H2,(H2,17,18)/b11-10+. The van der Waals surface area contributed by atoms with Crippen LogP contribution in [0.1, 0.15) is 11.1 Å². The van der Waals surface area contributed by atoms with Crippen molar-refractivity contribution in [2.45, 2.75) is 0 Å². The van der Waals surface area contributed by atoms with Crippen molar-refractivity contribution in [1.82, 2.24) is 0 Å². The fraction of sp³-hybridized carbons (Fsp3) is 0. The smallest absolute Gasteiger partial charge is 0.130 e. The van der Waals surface area contributed by atoms with Gasteiger partial charge in [0.25, 0.3) is 0 Å². The Morgan fingerprint density at radius 2 is 1.61 bits per heavy atom. The molecule has 3 nitrogen and oxygen atoms in total. The molecule has 0 fully saturated rings. The van der Waals surface area contributed by atoms with Gasteiger partial charge in [-0.15, -0.1) is 0 Å². The molecule has 0 amide bonds. The van der Waals surface area contributed by atoms with Gasteiger partial charge in [0.1, 0.15) is 5.84 Å². The monoisotopic (exact) mass is 237 g/mol. The van der Waals surface area contributed by atoms with Gasteiger partial charge in [-0.2, -0.15) is 0 Å². The van der Waals surface area contributed by atoms with Crippen LogP contribution in [0.4, 0.5) is 5.69 Å². The third-order valence-electron chi connectivity index (χ3n) is 2.49. The summed E-state index contributed by atoms with van der Waals surface area (Å²) in [5, 5.41) is 0. The first-order valence-corrected chi connectivity index (χ1v) is 5.66. The first kappa shape index (κ1) is 11.9. The fourth-order valence-electron chi connectivity index (χ4n) is 1.49. The van der Waals surface area contributed by atoms with Gasteiger partial charge in [-0.1, -0.05) is 42.5 Å². The van der Waals surface area contributed by atoms with Gasteiger partial charge in [0, 0.05) is 17.5 Å². The molecule has 0 aliphatic carbocycles. The van der Waals surface area contributed by atoms with Crippen LogP contribution >= 0.6 is 0 Å². The van der Waals surface area contributed by atoms with E-state index in [1.54, 1.807) is 6.20 Å². The highest BCUT2D eigenvalue weighted by molar-refractivity contribution is 5.97. The third kappa shape index (κ3) is 3.22. The Balaban J connectivity index is 2.08. The Hall–Kier alpha value is -2.55. The molecule has 4 N–H and O–H groups in total. The van der Waals surface area contributed by atoms with Crippen molar-refractivity contribution in [3.8, 4) is 0 Å². The van der Waals surface area contributed by atoms with Crippen LogP contribution in [-0.4, -0.2) is 5.84 Å². The Labute approximate surface area is 106 Å². The van der Waals surface area contributed by atoms with Gasteiger partial charge in [-0.3, -0.25) is 0 Å². The van der Waals surface area contributed by atoms with E-state index in [9.17, 15) is 0 Å². The summed E-state index contributed by atoms with van der Waals surface area (Å²) in [6, 6.07) is 17.2. The summed E-state index contributed by atoms with van der Waals surface area (Å²) >= 11 is 0. The van der Waals surface area contributed by atoms with Gasteiger partial charge in [0.15, 0.2) is 0 Å². The second-order valence-electron chi connectivity index (χ2n) is 3.86. The highest BCUT2D eigenvalue weighted by Crippen LogP contribution is 2.07. The van der Waals surface area contributed by atoms with Gasteiger partial charge in [0.05, 0.1) is 0 Å². The number of amidine groups is 1. The van der Waals surface area contributed by atoms with E-state index < -0.39 is 0 Å². The quantitative estimate of drug-likeness (QED) is 0.489. The first-order chi connectivity index (χ1) is 8.75. The Morgan fingerprint density at radius 3 is 2.28 bits per heavy atom. The lowest BCUT2D eigenvalue weighted by atomic mass is 10.2. The lowest BCUT2D eigenvalue weighted by Gasteiger charge is -1.97. The van der Waals surface area contributed by atoms with E-state index in [1.807, 2.05) is 60.7 Å². The summed E-state index contributed by atoms with van der Waals surface area (Å²) in [5.41, 5.74) is 14.2. The average Bonchev–Trinajstić information content (AvgIpc) is 2.42. The van der Waals surface area contributed by atoms with Gasteiger partial charge < -0.3 is 11.5 Å².